The lowest BCUT2D eigenvalue weighted by Crippen LogP contribution is -2.50. The fraction of sp³-hybridized carbons (Fsp3) is 0.407. The number of amides is 2. The van der Waals surface area contributed by atoms with Crippen LogP contribution in [-0.4, -0.2) is 142 Å². The fourth-order valence-corrected chi connectivity index (χ4v) is 11.7. The molecule has 1 aliphatic carbocycles. The smallest absolute Gasteiger partial charge is 0.319 e. The van der Waals surface area contributed by atoms with E-state index in [9.17, 15) is 19.8 Å². The topological polar surface area (TPSA) is 244 Å². The Labute approximate surface area is 461 Å². The monoisotopic (exact) mass is 1090 g/mol. The minimum Gasteiger partial charge on any atom is -0.486 e. The maximum atomic E-state index is 16.1. The number of hydrogen-bond donors (Lipinski definition) is 5. The molecule has 7 atom stereocenters. The van der Waals surface area contributed by atoms with Crippen molar-refractivity contribution in [2.45, 2.75) is 108 Å². The first-order chi connectivity index (χ1) is 38.8. The molecule has 414 valence electrons. The van der Waals surface area contributed by atoms with Crippen LogP contribution in [0.5, 0.6) is 11.8 Å². The normalized spacial score (nSPS) is 20.0. The van der Waals surface area contributed by atoms with Crippen molar-refractivity contribution in [2.24, 2.45) is 5.92 Å². The lowest BCUT2D eigenvalue weighted by molar-refractivity contribution is -0.142. The van der Waals surface area contributed by atoms with E-state index in [1.807, 2.05) is 69.3 Å². The number of aromatic nitrogens is 9. The number of nitrogens with zero attached hydrogens (tertiary/aromatic N) is 10. The van der Waals surface area contributed by atoms with Gasteiger partial charge in [0.1, 0.15) is 54.5 Å². The molecule has 80 heavy (non-hydrogen) atoms. The predicted molar refractivity (Wildman–Crippen MR) is 296 cm³/mol. The number of likely N-dealkylation sites (tertiary alicyclic amines) is 1. The number of hydrogen-bond acceptors (Lipinski definition) is 16. The average Bonchev–Trinajstić information content (AvgIpc) is 3.64. The number of carbonyl (C=O) groups is 2. The third-order valence-electron chi connectivity index (χ3n) is 16.2. The van der Waals surface area contributed by atoms with Gasteiger partial charge in [-0.05, 0) is 84.9 Å². The van der Waals surface area contributed by atoms with Gasteiger partial charge in [-0.3, -0.25) is 14.7 Å². The Bertz CT molecular complexity index is 3580. The average molecular weight is 1090 g/mol. The molecule has 4 aliphatic rings. The van der Waals surface area contributed by atoms with Crippen molar-refractivity contribution in [3.63, 3.8) is 0 Å². The standard InChI is InChI=1S/C59H64FN13O7/c1-31(2)54(58(77)72-25-42(75)17-50(72)57(76)65-49(27-74)38-14-10-35(11-15-38)39-20-61-30-62-21-39)73-26-48(69-70-73)37-8-6-34(7-9-37)29-79-55-52(51-33(4)46(60)19-47-45(51)23-64-68-47)43(36-12-13-36)18-44-53(55)66-59(80-28-32(3)78-5)67-56(44)71-24-40-16-41(71)22-63-40/h6-11,14-15,18-21,23,26,30-32,36,40-42,49-50,54,63,74-75H,12-13,16-17,22,24-25,27-29H2,1-5H3,(H,64,68)(H,65,76)/t32-,40-,41-,42+,49-,50-,54-/m0/s1. The number of ether oxygens (including phenoxy) is 3. The molecule has 8 aromatic rings. The molecule has 5 N–H and O–H groups in total. The Morgan fingerprint density at radius 2 is 1.69 bits per heavy atom. The second-order valence-corrected chi connectivity index (χ2v) is 22.0. The summed E-state index contributed by atoms with van der Waals surface area (Å²) in [6, 6.07) is 16.9. The molecule has 1 saturated carbocycles. The lowest BCUT2D eigenvalue weighted by atomic mass is 9.88. The highest BCUT2D eigenvalue weighted by Gasteiger charge is 2.44. The minimum absolute atomic E-state index is 0.0319. The highest BCUT2D eigenvalue weighted by atomic mass is 19.1. The quantitative estimate of drug-likeness (QED) is 0.0561. The largest absolute Gasteiger partial charge is 0.486 e. The first kappa shape index (κ1) is 52.7. The van der Waals surface area contributed by atoms with Crippen LogP contribution < -0.4 is 25.0 Å². The van der Waals surface area contributed by atoms with Crippen LogP contribution in [0.25, 0.3) is 55.3 Å². The number of rotatable bonds is 19. The molecule has 0 spiro atoms. The van der Waals surface area contributed by atoms with E-state index in [4.69, 9.17) is 24.2 Å². The molecular formula is C59H64FN13O7. The Hall–Kier alpha value is -7.98. The number of fused-ring (bicyclic) bond motifs is 4. The van der Waals surface area contributed by atoms with E-state index in [-0.39, 0.29) is 74.5 Å². The van der Waals surface area contributed by atoms with Crippen molar-refractivity contribution in [1.82, 2.24) is 60.7 Å². The number of carbonyl (C=O) groups excluding carboxylic acids is 2. The molecule has 4 aromatic heterocycles. The van der Waals surface area contributed by atoms with Crippen molar-refractivity contribution in [1.29, 1.82) is 0 Å². The molecule has 0 radical (unpaired) electrons. The fourth-order valence-electron chi connectivity index (χ4n) is 11.7. The minimum atomic E-state index is -0.992. The van der Waals surface area contributed by atoms with Crippen LogP contribution in [0.2, 0.25) is 0 Å². The summed E-state index contributed by atoms with van der Waals surface area (Å²) < 4.78 is 36.6. The molecule has 3 aliphatic heterocycles. The predicted octanol–water partition coefficient (Wildman–Crippen LogP) is 6.77. The number of H-pyrrole nitrogens is 1. The first-order valence-electron chi connectivity index (χ1n) is 27.4. The molecule has 2 bridgehead atoms. The Kier molecular flexibility index (Phi) is 14.4. The van der Waals surface area contributed by atoms with Gasteiger partial charge in [-0.2, -0.15) is 15.1 Å². The summed E-state index contributed by atoms with van der Waals surface area (Å²) in [5, 5.41) is 45.8. The number of benzene rings is 4. The van der Waals surface area contributed by atoms with E-state index < -0.39 is 30.1 Å². The number of β-amino-alcohol motifs (C(OH)–C–C–N with tert-alkyl or cyclic N) is 1. The van der Waals surface area contributed by atoms with E-state index in [1.54, 1.807) is 38.8 Å². The van der Waals surface area contributed by atoms with E-state index in [2.05, 4.69) is 52.1 Å². The number of halogens is 1. The molecular weight excluding hydrogens is 1020 g/mol. The maximum Gasteiger partial charge on any atom is 0.319 e. The van der Waals surface area contributed by atoms with Gasteiger partial charge in [0.2, 0.25) is 11.8 Å². The van der Waals surface area contributed by atoms with Crippen LogP contribution in [-0.2, 0) is 20.9 Å². The Morgan fingerprint density at radius 3 is 2.39 bits per heavy atom. The molecule has 0 unspecified atom stereocenters. The summed E-state index contributed by atoms with van der Waals surface area (Å²) in [6.07, 6.45) is 10.1. The Balaban J connectivity index is 0.823. The van der Waals surface area contributed by atoms with Gasteiger partial charge in [-0.15, -0.1) is 5.10 Å². The van der Waals surface area contributed by atoms with E-state index in [1.165, 1.54) is 22.0 Å². The number of aliphatic hydroxyl groups excluding tert-OH is 2. The number of aliphatic hydroxyl groups is 2. The second-order valence-electron chi connectivity index (χ2n) is 22.0. The molecule has 12 rings (SSSR count). The van der Waals surface area contributed by atoms with Crippen molar-refractivity contribution in [3.8, 4) is 45.3 Å². The number of piperazine rings is 1. The van der Waals surface area contributed by atoms with Crippen molar-refractivity contribution in [2.75, 3.05) is 44.9 Å². The van der Waals surface area contributed by atoms with Gasteiger partial charge in [0, 0.05) is 90.7 Å². The maximum absolute atomic E-state index is 16.1. The second kappa shape index (κ2) is 21.9. The van der Waals surface area contributed by atoms with E-state index in [0.29, 0.717) is 45.2 Å². The zero-order chi connectivity index (χ0) is 55.3. The van der Waals surface area contributed by atoms with Crippen LogP contribution >= 0.6 is 0 Å². The van der Waals surface area contributed by atoms with Gasteiger partial charge < -0.3 is 44.9 Å². The molecule has 4 fully saturated rings. The van der Waals surface area contributed by atoms with Crippen molar-refractivity contribution < 1.29 is 38.4 Å². The van der Waals surface area contributed by atoms with Gasteiger partial charge in [0.25, 0.3) is 0 Å². The summed E-state index contributed by atoms with van der Waals surface area (Å²) in [5.41, 5.74) is 8.55. The van der Waals surface area contributed by atoms with Crippen LogP contribution in [0.3, 0.4) is 0 Å². The number of aromatic amines is 1. The summed E-state index contributed by atoms with van der Waals surface area (Å²) in [4.78, 5) is 50.7. The molecule has 3 saturated heterocycles. The third-order valence-corrected chi connectivity index (χ3v) is 16.2. The molecule has 4 aromatic carbocycles. The lowest BCUT2D eigenvalue weighted by Gasteiger charge is -2.30. The van der Waals surface area contributed by atoms with Crippen molar-refractivity contribution >= 4 is 39.4 Å². The van der Waals surface area contributed by atoms with E-state index >= 15 is 4.39 Å². The third kappa shape index (κ3) is 10.2. The zero-order valence-corrected chi connectivity index (χ0v) is 45.2. The van der Waals surface area contributed by atoms with Crippen molar-refractivity contribution in [3.05, 3.63) is 120 Å². The van der Waals surface area contributed by atoms with Crippen LogP contribution in [0.4, 0.5) is 10.2 Å². The van der Waals surface area contributed by atoms with Gasteiger partial charge in [0.15, 0.2) is 5.75 Å². The van der Waals surface area contributed by atoms with Gasteiger partial charge in [-0.25, -0.2) is 19.0 Å². The number of anilines is 1. The van der Waals surface area contributed by atoms with Gasteiger partial charge >= 0.3 is 6.01 Å². The number of nitrogens with one attached hydrogen (secondary N) is 3. The van der Waals surface area contributed by atoms with Crippen LogP contribution in [0.15, 0.2) is 91.8 Å². The van der Waals surface area contributed by atoms with Crippen LogP contribution in [0.1, 0.15) is 86.7 Å². The summed E-state index contributed by atoms with van der Waals surface area (Å²) >= 11 is 0. The zero-order valence-electron chi connectivity index (χ0n) is 45.2. The highest BCUT2D eigenvalue weighted by Crippen LogP contribution is 2.53. The number of methoxy groups -OCH3 is 1. The molecule has 21 heteroatoms. The van der Waals surface area contributed by atoms with Crippen LogP contribution in [0, 0.1) is 18.7 Å². The molecule has 20 nitrogen and oxygen atoms in total. The summed E-state index contributed by atoms with van der Waals surface area (Å²) in [5.74, 6) is -0.0398. The Morgan fingerprint density at radius 1 is 0.912 bits per heavy atom. The first-order valence-corrected chi connectivity index (χ1v) is 27.4. The van der Waals surface area contributed by atoms with E-state index in [0.717, 1.165) is 82.3 Å². The summed E-state index contributed by atoms with van der Waals surface area (Å²) in [6.45, 7) is 9.05. The highest BCUT2D eigenvalue weighted by molar-refractivity contribution is 6.06. The molecule has 7 heterocycles. The van der Waals surface area contributed by atoms with Gasteiger partial charge in [-0.1, -0.05) is 67.6 Å². The molecule has 2 amide bonds. The van der Waals surface area contributed by atoms with Gasteiger partial charge in [0.05, 0.1) is 42.8 Å². The summed E-state index contributed by atoms with van der Waals surface area (Å²) in [7, 11) is 1.63. The SMILES string of the molecule is CO[C@@H](C)COc1nc(N2C[C@@H]3C[C@H]2CN3)c2cc(C3CC3)c(-c3c(C)c(F)cc4[nH]ncc34)c(OCc3ccc(-c4cn([C@H](C(=O)N5C[C@H](O)C[C@H]5C(=O)N[C@@H](CO)c5ccc(-c6cncnc6)cc5)C(C)C)nn4)cc3)c2n1.